The minimum atomic E-state index is -3.29. The van der Waals surface area contributed by atoms with Crippen molar-refractivity contribution in [1.82, 2.24) is 5.32 Å². The molecule has 0 radical (unpaired) electrons. The van der Waals surface area contributed by atoms with Crippen LogP contribution in [0.15, 0.2) is 39.3 Å². The predicted octanol–water partition coefficient (Wildman–Crippen LogP) is 1.60. The molecule has 28 heavy (non-hydrogen) atoms. The number of aliphatic imine (C=N–C) groups is 1. The molecule has 0 saturated heterocycles. The molecule has 1 aromatic carbocycles. The van der Waals surface area contributed by atoms with Crippen LogP contribution in [0, 0.1) is 0 Å². The number of amides is 1. The van der Waals surface area contributed by atoms with Gasteiger partial charge in [-0.3, -0.25) is 15.1 Å². The van der Waals surface area contributed by atoms with E-state index in [2.05, 4.69) is 15.5 Å². The molecule has 152 valence electrons. The van der Waals surface area contributed by atoms with E-state index in [4.69, 9.17) is 9.57 Å². The molecule has 1 heterocycles. The van der Waals surface area contributed by atoms with Crippen LogP contribution in [-0.4, -0.2) is 62.6 Å². The lowest BCUT2D eigenvalue weighted by Gasteiger charge is -2.09. The fourth-order valence-corrected chi connectivity index (χ4v) is 5.02. The van der Waals surface area contributed by atoms with Crippen molar-refractivity contribution in [3.8, 4) is 0 Å². The van der Waals surface area contributed by atoms with E-state index in [0.717, 1.165) is 0 Å². The highest BCUT2D eigenvalue weighted by atomic mass is 32.2. The van der Waals surface area contributed by atoms with Crippen LogP contribution in [0.2, 0.25) is 0 Å². The lowest BCUT2D eigenvalue weighted by Crippen LogP contribution is -2.35. The molecular weight excluding hydrogens is 402 g/mol. The minimum absolute atomic E-state index is 0.0503. The largest absolute Gasteiger partial charge is 0.393 e. The van der Waals surface area contributed by atoms with Crippen LogP contribution in [0.4, 0.5) is 0 Å². The van der Waals surface area contributed by atoms with Crippen molar-refractivity contribution in [2.75, 3.05) is 26.9 Å². The second-order valence-corrected chi connectivity index (χ2v) is 10.2. The van der Waals surface area contributed by atoms with Crippen molar-refractivity contribution in [2.45, 2.75) is 35.2 Å². The second-order valence-electron chi connectivity index (χ2n) is 6.56. The summed E-state index contributed by atoms with van der Waals surface area (Å²) in [4.78, 5) is 22.4. The normalized spacial score (nSPS) is 20.0. The maximum Gasteiger partial charge on any atom is 0.279 e. The number of sulfone groups is 1. The van der Waals surface area contributed by atoms with Gasteiger partial charge in [0.05, 0.1) is 23.3 Å². The molecular formula is C18H23N3O5S2. The molecule has 1 fully saturated rings. The van der Waals surface area contributed by atoms with Crippen LogP contribution >= 0.6 is 11.8 Å². The summed E-state index contributed by atoms with van der Waals surface area (Å²) in [5.74, 6) is -0.462. The Morgan fingerprint density at radius 1 is 1.29 bits per heavy atom. The Morgan fingerprint density at radius 2 is 2.00 bits per heavy atom. The quantitative estimate of drug-likeness (QED) is 0.385. The van der Waals surface area contributed by atoms with E-state index in [1.54, 1.807) is 12.1 Å². The van der Waals surface area contributed by atoms with Crippen LogP contribution in [-0.2, 0) is 24.2 Å². The minimum Gasteiger partial charge on any atom is -0.393 e. The highest BCUT2D eigenvalue weighted by Gasteiger charge is 2.36. The Labute approximate surface area is 168 Å². The monoisotopic (exact) mass is 425 g/mol. The lowest BCUT2D eigenvalue weighted by molar-refractivity contribution is -0.113. The molecule has 1 N–H and O–H groups in total. The molecule has 10 heteroatoms. The Bertz CT molecular complexity index is 877. The lowest BCUT2D eigenvalue weighted by atomic mass is 10.1. The van der Waals surface area contributed by atoms with E-state index >= 15 is 0 Å². The third-order valence-electron chi connectivity index (χ3n) is 4.19. The Balaban J connectivity index is 1.78. The van der Waals surface area contributed by atoms with E-state index in [1.165, 1.54) is 31.0 Å². The summed E-state index contributed by atoms with van der Waals surface area (Å²) in [6.45, 7) is 3.19. The number of benzene rings is 1. The van der Waals surface area contributed by atoms with E-state index in [1.807, 2.05) is 6.92 Å². The maximum atomic E-state index is 12.7. The van der Waals surface area contributed by atoms with Gasteiger partial charge in [0.2, 0.25) is 0 Å². The summed E-state index contributed by atoms with van der Waals surface area (Å²) < 4.78 is 29.6. The first-order valence-electron chi connectivity index (χ1n) is 8.97. The molecule has 1 unspecified atom stereocenters. The number of nitrogens with zero attached hydrogens (tertiary/aromatic N) is 2. The molecule has 0 bridgehead atoms. The van der Waals surface area contributed by atoms with Gasteiger partial charge < -0.3 is 9.57 Å². The van der Waals surface area contributed by atoms with Crippen LogP contribution in [0.25, 0.3) is 0 Å². The molecule has 8 nitrogen and oxygen atoms in total. The van der Waals surface area contributed by atoms with Crippen molar-refractivity contribution < 1.29 is 22.8 Å². The highest BCUT2D eigenvalue weighted by molar-refractivity contribution is 8.14. The fourth-order valence-electron chi connectivity index (χ4n) is 2.53. The Morgan fingerprint density at radius 3 is 2.57 bits per heavy atom. The van der Waals surface area contributed by atoms with E-state index in [-0.39, 0.29) is 22.5 Å². The van der Waals surface area contributed by atoms with Gasteiger partial charge in [-0.15, -0.1) is 0 Å². The third-order valence-corrected chi connectivity index (χ3v) is 7.48. The van der Waals surface area contributed by atoms with Gasteiger partial charge >= 0.3 is 0 Å². The average Bonchev–Trinajstić information content (AvgIpc) is 3.46. The van der Waals surface area contributed by atoms with Gasteiger partial charge in [-0.25, -0.2) is 8.42 Å². The number of ether oxygens (including phenoxy) is 1. The number of thioether (sulfide) groups is 1. The smallest absolute Gasteiger partial charge is 0.279 e. The summed E-state index contributed by atoms with van der Waals surface area (Å²) >= 11 is 1.48. The van der Waals surface area contributed by atoms with Crippen LogP contribution in [0.1, 0.15) is 25.3 Å². The summed E-state index contributed by atoms with van der Waals surface area (Å²) in [6.07, 6.45) is 1.40. The predicted molar refractivity (Wildman–Crippen MR) is 109 cm³/mol. The fraction of sp³-hybridized carbons (Fsp3) is 0.500. The second kappa shape index (κ2) is 9.06. The first-order valence-corrected chi connectivity index (χ1v) is 11.4. The van der Waals surface area contributed by atoms with Crippen molar-refractivity contribution >= 4 is 38.4 Å². The van der Waals surface area contributed by atoms with Gasteiger partial charge in [0.25, 0.3) is 5.91 Å². The summed E-state index contributed by atoms with van der Waals surface area (Å²) in [6, 6.07) is 6.15. The number of rotatable bonds is 8. The van der Waals surface area contributed by atoms with Crippen molar-refractivity contribution in [1.29, 1.82) is 0 Å². The number of methoxy groups -OCH3 is 1. The molecule has 3 rings (SSSR count). The van der Waals surface area contributed by atoms with Gasteiger partial charge in [-0.2, -0.15) is 0 Å². The van der Waals surface area contributed by atoms with Crippen molar-refractivity contribution in [3.05, 3.63) is 29.8 Å². The van der Waals surface area contributed by atoms with Gasteiger partial charge in [-0.05, 0) is 25.0 Å². The molecule has 0 spiro atoms. The molecule has 0 aromatic heterocycles. The van der Waals surface area contributed by atoms with Crippen LogP contribution in [0.3, 0.4) is 0 Å². The average molecular weight is 426 g/mol. The number of hydrogen-bond donors (Lipinski definition) is 1. The van der Waals surface area contributed by atoms with E-state index < -0.39 is 15.7 Å². The van der Waals surface area contributed by atoms with E-state index in [9.17, 15) is 13.2 Å². The SMILES string of the molecule is COCCO/N=C(/C(=O)NC1=NCC(C)S1)c1ccc(S(=O)(=O)C2CC2)cc1. The number of hydrogen-bond acceptors (Lipinski definition) is 8. The summed E-state index contributed by atoms with van der Waals surface area (Å²) in [5.41, 5.74) is 0.510. The number of nitrogens with one attached hydrogen (secondary N) is 1. The first-order chi connectivity index (χ1) is 13.4. The van der Waals surface area contributed by atoms with Crippen molar-refractivity contribution in [2.24, 2.45) is 10.1 Å². The summed E-state index contributed by atoms with van der Waals surface area (Å²) in [5, 5.41) is 7.24. The molecule has 1 saturated carbocycles. The molecule has 1 aliphatic carbocycles. The van der Waals surface area contributed by atoms with Crippen molar-refractivity contribution in [3.63, 3.8) is 0 Å². The molecule has 1 aromatic rings. The topological polar surface area (TPSA) is 106 Å². The molecule has 1 amide bonds. The standard InChI is InChI=1S/C18H23N3O5S2/c1-12-11-19-18(27-12)20-17(22)16(21-26-10-9-25-2)13-3-5-14(6-4-13)28(23,24)15-7-8-15/h3-6,12,15H,7-11H2,1-2H3,(H,19,20,22)/b21-16+. The van der Waals surface area contributed by atoms with Gasteiger partial charge in [-0.1, -0.05) is 36.0 Å². The maximum absolute atomic E-state index is 12.7. The van der Waals surface area contributed by atoms with Crippen LogP contribution < -0.4 is 5.32 Å². The number of carbonyl (C=O) groups is 1. The zero-order valence-corrected chi connectivity index (χ0v) is 17.4. The van der Waals surface area contributed by atoms with Gasteiger partial charge in [0, 0.05) is 17.9 Å². The molecule has 2 aliphatic rings. The first kappa shape index (κ1) is 20.8. The van der Waals surface area contributed by atoms with Gasteiger partial charge in [0.15, 0.2) is 20.7 Å². The third kappa shape index (κ3) is 5.12. The zero-order valence-electron chi connectivity index (χ0n) is 15.8. The highest BCUT2D eigenvalue weighted by Crippen LogP contribution is 2.33. The van der Waals surface area contributed by atoms with E-state index in [0.29, 0.717) is 42.0 Å². The molecule has 1 aliphatic heterocycles. The number of amidine groups is 1. The Hall–Kier alpha value is -1.91. The van der Waals surface area contributed by atoms with Crippen LogP contribution in [0.5, 0.6) is 0 Å². The Kier molecular flexibility index (Phi) is 6.73. The number of oxime groups is 1. The zero-order chi connectivity index (χ0) is 20.1. The molecule has 1 atom stereocenters. The summed E-state index contributed by atoms with van der Waals surface area (Å²) in [7, 11) is -1.75. The van der Waals surface area contributed by atoms with Gasteiger partial charge in [0.1, 0.15) is 6.61 Å². The number of carbonyl (C=O) groups excluding carboxylic acids is 1.